The Hall–Kier alpha value is -9.76. The van der Waals surface area contributed by atoms with E-state index in [1.54, 1.807) is 0 Å². The van der Waals surface area contributed by atoms with Gasteiger partial charge in [0.05, 0.1) is 16.4 Å². The average molecular weight is 955 g/mol. The van der Waals surface area contributed by atoms with E-state index in [1.807, 2.05) is 0 Å². The van der Waals surface area contributed by atoms with Crippen LogP contribution in [0, 0.1) is 0 Å². The van der Waals surface area contributed by atoms with Crippen molar-refractivity contribution in [2.45, 2.75) is 5.41 Å². The van der Waals surface area contributed by atoms with Crippen LogP contribution in [-0.4, -0.2) is 4.57 Å². The van der Waals surface area contributed by atoms with Crippen LogP contribution in [-0.2, 0) is 5.41 Å². The molecule has 0 amide bonds. The maximum Gasteiger partial charge on any atom is 0.0713 e. The minimum Gasteiger partial charge on any atom is -0.310 e. The Morgan fingerprint density at radius 1 is 0.267 bits per heavy atom. The van der Waals surface area contributed by atoms with E-state index >= 15 is 0 Å². The Bertz CT molecular complexity index is 4040. The molecule has 0 aliphatic heterocycles. The summed E-state index contributed by atoms with van der Waals surface area (Å²) >= 11 is 0. The Balaban J connectivity index is 1.03. The number of aromatic nitrogens is 1. The standard InChI is InChI=1S/C73H50N2/c1-5-20-51(21-6-1)54-36-42-59(43-37-54)73(58-26-11-4-12-27-58)68-32-16-13-30-67(68)72-64(31-19-33-69(72)73)57-48-62(50-63(49-57)75-70-34-17-14-28-65(70)66-29-15-18-35-71(66)75)74(60-44-38-55(39-45-60)52-22-7-2-8-23-52)61-46-40-56(41-47-61)53-24-9-3-10-25-53/h1-50H. The summed E-state index contributed by atoms with van der Waals surface area (Å²) in [6.45, 7) is 0. The van der Waals surface area contributed by atoms with Crippen LogP contribution in [0.15, 0.2) is 303 Å². The number of rotatable bonds is 10. The number of hydrogen-bond donors (Lipinski definition) is 0. The molecule has 14 rings (SSSR count). The predicted molar refractivity (Wildman–Crippen MR) is 315 cm³/mol. The lowest BCUT2D eigenvalue weighted by atomic mass is 9.67. The SMILES string of the molecule is c1ccc(-c2ccc(N(c3ccc(-c4ccccc4)cc3)c3cc(-c4cccc5c4-c4ccccc4C5(c4ccccc4)c4ccc(-c5ccccc5)cc4)cc(-n4c5ccccc5c5ccccc54)c3)cc2)cc1. The Morgan fingerprint density at radius 3 is 1.23 bits per heavy atom. The van der Waals surface area contributed by atoms with Gasteiger partial charge in [-0.25, -0.2) is 0 Å². The van der Waals surface area contributed by atoms with E-state index < -0.39 is 5.41 Å². The van der Waals surface area contributed by atoms with E-state index in [-0.39, 0.29) is 0 Å². The van der Waals surface area contributed by atoms with Crippen LogP contribution in [0.3, 0.4) is 0 Å². The van der Waals surface area contributed by atoms with Gasteiger partial charge in [0.1, 0.15) is 0 Å². The van der Waals surface area contributed by atoms with E-state index in [2.05, 4.69) is 313 Å². The van der Waals surface area contributed by atoms with E-state index in [0.717, 1.165) is 28.3 Å². The molecule has 12 aromatic carbocycles. The zero-order valence-corrected chi connectivity index (χ0v) is 41.3. The zero-order valence-electron chi connectivity index (χ0n) is 41.3. The first-order valence-corrected chi connectivity index (χ1v) is 25.9. The third-order valence-corrected chi connectivity index (χ3v) is 15.5. The van der Waals surface area contributed by atoms with Gasteiger partial charge in [-0.1, -0.05) is 249 Å². The molecule has 0 bridgehead atoms. The molecule has 0 spiro atoms. The summed E-state index contributed by atoms with van der Waals surface area (Å²) in [5.74, 6) is 0. The molecule has 2 heteroatoms. The maximum absolute atomic E-state index is 2.46. The van der Waals surface area contributed by atoms with Crippen LogP contribution in [0.4, 0.5) is 17.1 Å². The molecule has 0 saturated carbocycles. The summed E-state index contributed by atoms with van der Waals surface area (Å²) in [6, 6.07) is 112. The van der Waals surface area contributed by atoms with Crippen molar-refractivity contribution >= 4 is 38.9 Å². The van der Waals surface area contributed by atoms with Crippen molar-refractivity contribution < 1.29 is 0 Å². The van der Waals surface area contributed by atoms with E-state index in [4.69, 9.17) is 0 Å². The molecule has 0 fully saturated rings. The number of nitrogens with zero attached hydrogens (tertiary/aromatic N) is 2. The molecule has 1 atom stereocenters. The average Bonchev–Trinajstić information content (AvgIpc) is 4.04. The molecular weight excluding hydrogens is 905 g/mol. The second-order valence-electron chi connectivity index (χ2n) is 19.6. The maximum atomic E-state index is 2.46. The highest BCUT2D eigenvalue weighted by Crippen LogP contribution is 2.59. The highest BCUT2D eigenvalue weighted by atomic mass is 15.1. The van der Waals surface area contributed by atoms with E-state index in [0.29, 0.717) is 0 Å². The van der Waals surface area contributed by atoms with Crippen molar-refractivity contribution in [3.8, 4) is 61.3 Å². The Morgan fingerprint density at radius 2 is 0.680 bits per heavy atom. The molecule has 1 aromatic heterocycles. The summed E-state index contributed by atoms with van der Waals surface area (Å²) in [5, 5.41) is 2.45. The van der Waals surface area contributed by atoms with E-state index in [1.165, 1.54) is 94.1 Å². The fourth-order valence-corrected chi connectivity index (χ4v) is 12.1. The monoisotopic (exact) mass is 954 g/mol. The van der Waals surface area contributed by atoms with Crippen LogP contribution in [0.5, 0.6) is 0 Å². The second kappa shape index (κ2) is 18.4. The van der Waals surface area contributed by atoms with Gasteiger partial charge in [-0.3, -0.25) is 0 Å². The van der Waals surface area contributed by atoms with Gasteiger partial charge in [0, 0.05) is 33.5 Å². The Labute approximate surface area is 438 Å². The Kier molecular flexibility index (Phi) is 10.8. The first kappa shape index (κ1) is 44.0. The lowest BCUT2D eigenvalue weighted by molar-refractivity contribution is 0.769. The van der Waals surface area contributed by atoms with Crippen LogP contribution in [0.2, 0.25) is 0 Å². The minimum atomic E-state index is -0.585. The minimum absolute atomic E-state index is 0.585. The first-order valence-electron chi connectivity index (χ1n) is 25.9. The van der Waals surface area contributed by atoms with Gasteiger partial charge in [0.25, 0.3) is 0 Å². The number of fused-ring (bicyclic) bond motifs is 6. The molecular formula is C73H50N2. The molecule has 1 aliphatic rings. The van der Waals surface area contributed by atoms with Crippen molar-refractivity contribution in [3.63, 3.8) is 0 Å². The van der Waals surface area contributed by atoms with Crippen LogP contribution >= 0.6 is 0 Å². The van der Waals surface area contributed by atoms with Gasteiger partial charge in [-0.05, 0) is 132 Å². The lowest BCUT2D eigenvalue weighted by Gasteiger charge is -2.34. The van der Waals surface area contributed by atoms with E-state index in [9.17, 15) is 0 Å². The number of anilines is 3. The van der Waals surface area contributed by atoms with Crippen LogP contribution in [0.25, 0.3) is 83.1 Å². The normalized spacial score (nSPS) is 13.7. The van der Waals surface area contributed by atoms with Crippen molar-refractivity contribution in [2.75, 3.05) is 4.90 Å². The summed E-state index contributed by atoms with van der Waals surface area (Å²) in [6.07, 6.45) is 0. The third-order valence-electron chi connectivity index (χ3n) is 15.5. The topological polar surface area (TPSA) is 8.17 Å². The highest BCUT2D eigenvalue weighted by molar-refractivity contribution is 6.09. The number of para-hydroxylation sites is 2. The second-order valence-corrected chi connectivity index (χ2v) is 19.6. The summed E-state index contributed by atoms with van der Waals surface area (Å²) in [7, 11) is 0. The van der Waals surface area contributed by atoms with Crippen molar-refractivity contribution in [1.29, 1.82) is 0 Å². The molecule has 352 valence electrons. The van der Waals surface area contributed by atoms with Crippen molar-refractivity contribution in [3.05, 3.63) is 326 Å². The van der Waals surface area contributed by atoms with Gasteiger partial charge in [0.2, 0.25) is 0 Å². The smallest absolute Gasteiger partial charge is 0.0713 e. The number of hydrogen-bond acceptors (Lipinski definition) is 1. The van der Waals surface area contributed by atoms with Gasteiger partial charge in [-0.15, -0.1) is 0 Å². The first-order chi connectivity index (χ1) is 37.2. The molecule has 1 heterocycles. The zero-order chi connectivity index (χ0) is 49.7. The van der Waals surface area contributed by atoms with Crippen molar-refractivity contribution in [2.24, 2.45) is 0 Å². The predicted octanol–water partition coefficient (Wildman–Crippen LogP) is 19.3. The highest BCUT2D eigenvalue weighted by Gasteiger charge is 2.47. The van der Waals surface area contributed by atoms with Gasteiger partial charge < -0.3 is 9.47 Å². The summed E-state index contributed by atoms with van der Waals surface area (Å²) in [4.78, 5) is 2.43. The molecule has 1 aliphatic carbocycles. The molecule has 13 aromatic rings. The fraction of sp³-hybridized carbons (Fsp3) is 0.0137. The quantitative estimate of drug-likeness (QED) is 0.133. The molecule has 2 nitrogen and oxygen atoms in total. The summed E-state index contributed by atoms with van der Waals surface area (Å²) in [5.41, 5.74) is 23.0. The number of benzene rings is 12. The molecule has 1 unspecified atom stereocenters. The summed E-state index contributed by atoms with van der Waals surface area (Å²) < 4.78 is 2.46. The largest absolute Gasteiger partial charge is 0.310 e. The van der Waals surface area contributed by atoms with Crippen molar-refractivity contribution in [1.82, 2.24) is 4.57 Å². The van der Waals surface area contributed by atoms with Crippen LogP contribution < -0.4 is 4.90 Å². The van der Waals surface area contributed by atoms with Gasteiger partial charge in [0.15, 0.2) is 0 Å². The molecule has 0 N–H and O–H groups in total. The fourth-order valence-electron chi connectivity index (χ4n) is 12.1. The van der Waals surface area contributed by atoms with Gasteiger partial charge >= 0.3 is 0 Å². The molecule has 0 saturated heterocycles. The van der Waals surface area contributed by atoms with Gasteiger partial charge in [-0.2, -0.15) is 0 Å². The lowest BCUT2D eigenvalue weighted by Crippen LogP contribution is -2.28. The molecule has 0 radical (unpaired) electrons. The third kappa shape index (κ3) is 7.41. The molecule has 75 heavy (non-hydrogen) atoms. The van der Waals surface area contributed by atoms with Crippen LogP contribution in [0.1, 0.15) is 22.3 Å².